The lowest BCUT2D eigenvalue weighted by atomic mass is 10.1. The molecule has 3 aromatic heterocycles. The van der Waals surface area contributed by atoms with Crippen molar-refractivity contribution in [1.82, 2.24) is 25.0 Å². The van der Waals surface area contributed by atoms with Crippen molar-refractivity contribution >= 4 is 17.1 Å². The van der Waals surface area contributed by atoms with E-state index in [0.717, 1.165) is 21.8 Å². The van der Waals surface area contributed by atoms with Gasteiger partial charge in [-0.05, 0) is 30.5 Å². The quantitative estimate of drug-likeness (QED) is 0.447. The van der Waals surface area contributed by atoms with Crippen molar-refractivity contribution in [2.75, 3.05) is 0 Å². The maximum atomic E-state index is 12.6. The Bertz CT molecular complexity index is 1070. The second-order valence-electron chi connectivity index (χ2n) is 6.50. The fourth-order valence-electron chi connectivity index (χ4n) is 2.93. The summed E-state index contributed by atoms with van der Waals surface area (Å²) in [5, 5.41) is 9.14. The summed E-state index contributed by atoms with van der Waals surface area (Å²) in [6.07, 6.45) is 6.51. The minimum absolute atomic E-state index is 0.0989. The fourth-order valence-corrected chi connectivity index (χ4v) is 3.91. The van der Waals surface area contributed by atoms with Crippen molar-refractivity contribution in [3.05, 3.63) is 82.8 Å². The average Bonchev–Trinajstić information content (AvgIpc) is 3.34. The van der Waals surface area contributed by atoms with Crippen LogP contribution in [0.3, 0.4) is 0 Å². The maximum Gasteiger partial charge on any atom is 0.175 e. The first kappa shape index (κ1) is 18.2. The molecule has 0 amide bonds. The topological polar surface area (TPSA) is 73.6 Å². The van der Waals surface area contributed by atoms with E-state index in [2.05, 4.69) is 20.3 Å². The van der Waals surface area contributed by atoms with Crippen molar-refractivity contribution in [3.63, 3.8) is 0 Å². The van der Waals surface area contributed by atoms with E-state index in [4.69, 9.17) is 0 Å². The first-order chi connectivity index (χ1) is 13.7. The third-order valence-corrected chi connectivity index (χ3v) is 5.58. The van der Waals surface area contributed by atoms with Crippen LogP contribution in [0.1, 0.15) is 32.9 Å². The van der Waals surface area contributed by atoms with Crippen molar-refractivity contribution in [1.29, 1.82) is 0 Å². The molecule has 1 aromatic carbocycles. The monoisotopic (exact) mass is 389 g/mol. The molecular formula is C21H19N5OS. The second-order valence-corrected chi connectivity index (χ2v) is 7.50. The summed E-state index contributed by atoms with van der Waals surface area (Å²) in [6, 6.07) is 14.0. The molecular weight excluding hydrogens is 370 g/mol. The number of hydrogen-bond acceptors (Lipinski definition) is 6. The van der Waals surface area contributed by atoms with Crippen molar-refractivity contribution < 1.29 is 4.79 Å². The Morgan fingerprint density at radius 1 is 1.11 bits per heavy atom. The van der Waals surface area contributed by atoms with E-state index in [9.17, 15) is 4.79 Å². The van der Waals surface area contributed by atoms with Crippen LogP contribution in [0.15, 0.2) is 61.1 Å². The van der Waals surface area contributed by atoms with Gasteiger partial charge in [-0.2, -0.15) is 0 Å². The Morgan fingerprint density at radius 3 is 2.71 bits per heavy atom. The molecule has 0 fully saturated rings. The van der Waals surface area contributed by atoms with E-state index in [1.165, 1.54) is 11.3 Å². The molecule has 0 aliphatic carbocycles. The standard InChI is InChI=1S/C21H19N5OS/c1-15-20(19(27)10-9-16-8-5-11-22-12-16)28-21(23-15)18-14-26(25-24-18)13-17-6-3-2-4-7-17/h2-8,11-12,14H,9-10,13H2,1H3. The molecule has 0 bridgehead atoms. The van der Waals surface area contributed by atoms with Crippen molar-refractivity contribution in [2.24, 2.45) is 0 Å². The van der Waals surface area contributed by atoms with Gasteiger partial charge in [-0.15, -0.1) is 16.4 Å². The Kier molecular flexibility index (Phi) is 5.34. The molecule has 0 atom stereocenters. The number of carbonyl (C=O) groups excluding carboxylic acids is 1. The molecule has 7 heteroatoms. The lowest BCUT2D eigenvalue weighted by molar-refractivity contribution is 0.0986. The molecule has 6 nitrogen and oxygen atoms in total. The van der Waals surface area contributed by atoms with Crippen molar-refractivity contribution in [3.8, 4) is 10.7 Å². The number of aryl methyl sites for hydroxylation is 2. The number of ketones is 1. The summed E-state index contributed by atoms with van der Waals surface area (Å²) in [5.74, 6) is 0.0989. The van der Waals surface area contributed by atoms with Crippen LogP contribution in [0.4, 0.5) is 0 Å². The lowest BCUT2D eigenvalue weighted by Gasteiger charge is -1.99. The van der Waals surface area contributed by atoms with Gasteiger partial charge in [0.05, 0.1) is 23.3 Å². The van der Waals surface area contributed by atoms with Crippen LogP contribution < -0.4 is 0 Å². The molecule has 0 N–H and O–H groups in total. The molecule has 28 heavy (non-hydrogen) atoms. The first-order valence-corrected chi connectivity index (χ1v) is 9.84. The number of benzene rings is 1. The van der Waals surface area contributed by atoms with E-state index >= 15 is 0 Å². The van der Waals surface area contributed by atoms with Gasteiger partial charge in [-0.3, -0.25) is 9.78 Å². The fraction of sp³-hybridized carbons (Fsp3) is 0.190. The average molecular weight is 389 g/mol. The minimum Gasteiger partial charge on any atom is -0.293 e. The number of thiazole rings is 1. The number of hydrogen-bond donors (Lipinski definition) is 0. The van der Waals surface area contributed by atoms with Gasteiger partial charge in [0, 0.05) is 18.8 Å². The molecule has 0 aliphatic heterocycles. The molecule has 0 saturated heterocycles. The van der Waals surface area contributed by atoms with Gasteiger partial charge in [-0.25, -0.2) is 9.67 Å². The zero-order valence-corrected chi connectivity index (χ0v) is 16.3. The van der Waals surface area contributed by atoms with Crippen LogP contribution in [0, 0.1) is 6.92 Å². The van der Waals surface area contributed by atoms with E-state index in [1.807, 2.05) is 55.6 Å². The normalized spacial score (nSPS) is 10.9. The van der Waals surface area contributed by atoms with Gasteiger partial charge in [0.2, 0.25) is 0 Å². The minimum atomic E-state index is 0.0989. The highest BCUT2D eigenvalue weighted by Crippen LogP contribution is 2.27. The highest BCUT2D eigenvalue weighted by molar-refractivity contribution is 7.17. The van der Waals surface area contributed by atoms with Crippen LogP contribution in [0.25, 0.3) is 10.7 Å². The van der Waals surface area contributed by atoms with Crippen LogP contribution in [0.5, 0.6) is 0 Å². The third-order valence-electron chi connectivity index (χ3n) is 4.36. The summed E-state index contributed by atoms with van der Waals surface area (Å²) in [5.41, 5.74) is 3.65. The summed E-state index contributed by atoms with van der Waals surface area (Å²) < 4.78 is 1.78. The Morgan fingerprint density at radius 2 is 1.93 bits per heavy atom. The number of aromatic nitrogens is 5. The van der Waals surface area contributed by atoms with E-state index in [-0.39, 0.29) is 5.78 Å². The van der Waals surface area contributed by atoms with Crippen molar-refractivity contribution in [2.45, 2.75) is 26.3 Å². The zero-order valence-electron chi connectivity index (χ0n) is 15.4. The summed E-state index contributed by atoms with van der Waals surface area (Å²) in [7, 11) is 0. The van der Waals surface area contributed by atoms with Crippen LogP contribution in [-0.4, -0.2) is 30.7 Å². The molecule has 0 radical (unpaired) electrons. The summed E-state index contributed by atoms with van der Waals surface area (Å²) >= 11 is 1.38. The molecule has 4 aromatic rings. The summed E-state index contributed by atoms with van der Waals surface area (Å²) in [4.78, 5) is 22.0. The SMILES string of the molecule is Cc1nc(-c2cn(Cc3ccccc3)nn2)sc1C(=O)CCc1cccnc1. The molecule has 3 heterocycles. The molecule has 0 unspecified atom stereocenters. The van der Waals surface area contributed by atoms with Gasteiger partial charge >= 0.3 is 0 Å². The Labute approximate surface area is 166 Å². The van der Waals surface area contributed by atoms with Gasteiger partial charge in [0.15, 0.2) is 5.78 Å². The van der Waals surface area contributed by atoms with Gasteiger partial charge < -0.3 is 0 Å². The molecule has 140 valence electrons. The van der Waals surface area contributed by atoms with Crippen LogP contribution in [-0.2, 0) is 13.0 Å². The third kappa shape index (κ3) is 4.20. The Balaban J connectivity index is 1.46. The number of pyridine rings is 1. The number of Topliss-reactive ketones (excluding diaryl/α,β-unsaturated/α-hetero) is 1. The van der Waals surface area contributed by atoms with E-state index < -0.39 is 0 Å². The maximum absolute atomic E-state index is 12.6. The predicted molar refractivity (Wildman–Crippen MR) is 108 cm³/mol. The molecule has 0 spiro atoms. The molecule has 0 aliphatic rings. The zero-order chi connectivity index (χ0) is 19.3. The van der Waals surface area contributed by atoms with Crippen LogP contribution >= 0.6 is 11.3 Å². The second kappa shape index (κ2) is 8.22. The van der Waals surface area contributed by atoms with E-state index in [1.54, 1.807) is 17.1 Å². The predicted octanol–water partition coefficient (Wildman–Crippen LogP) is 3.97. The van der Waals surface area contributed by atoms with Crippen LogP contribution in [0.2, 0.25) is 0 Å². The highest BCUT2D eigenvalue weighted by atomic mass is 32.1. The number of rotatable bonds is 7. The van der Waals surface area contributed by atoms with Gasteiger partial charge in [0.1, 0.15) is 10.7 Å². The summed E-state index contributed by atoms with van der Waals surface area (Å²) in [6.45, 7) is 2.51. The van der Waals surface area contributed by atoms with E-state index in [0.29, 0.717) is 30.0 Å². The smallest absolute Gasteiger partial charge is 0.175 e. The number of carbonyl (C=O) groups is 1. The first-order valence-electron chi connectivity index (χ1n) is 9.03. The highest BCUT2D eigenvalue weighted by Gasteiger charge is 2.18. The lowest BCUT2D eigenvalue weighted by Crippen LogP contribution is -2.01. The molecule has 4 rings (SSSR count). The largest absolute Gasteiger partial charge is 0.293 e. The van der Waals surface area contributed by atoms with Gasteiger partial charge in [0.25, 0.3) is 0 Å². The Hall–Kier alpha value is -3.19. The molecule has 0 saturated carbocycles. The van der Waals surface area contributed by atoms with Gasteiger partial charge in [-0.1, -0.05) is 41.6 Å². The number of nitrogens with zero attached hydrogens (tertiary/aromatic N) is 5.